The summed E-state index contributed by atoms with van der Waals surface area (Å²) in [7, 11) is 0. The number of anilines is 1. The first-order valence-electron chi connectivity index (χ1n) is 4.34. The van der Waals surface area contributed by atoms with Gasteiger partial charge in [-0.25, -0.2) is 4.98 Å². The number of alkyl halides is 3. The van der Waals surface area contributed by atoms with Gasteiger partial charge in [0.15, 0.2) is 0 Å². The third-order valence-corrected chi connectivity index (χ3v) is 2.21. The Hall–Kier alpha value is -1.98. The van der Waals surface area contributed by atoms with E-state index in [1.807, 2.05) is 0 Å². The molecule has 6 heteroatoms. The van der Waals surface area contributed by atoms with E-state index in [0.29, 0.717) is 6.20 Å². The van der Waals surface area contributed by atoms with Crippen molar-refractivity contribution in [1.29, 1.82) is 0 Å². The van der Waals surface area contributed by atoms with Crippen LogP contribution in [0.3, 0.4) is 0 Å². The maximum Gasteiger partial charge on any atom is 0.418 e. The van der Waals surface area contributed by atoms with E-state index in [1.54, 1.807) is 0 Å². The fourth-order valence-corrected chi connectivity index (χ4v) is 1.48. The van der Waals surface area contributed by atoms with Gasteiger partial charge in [0.1, 0.15) is 11.6 Å². The monoisotopic (exact) mass is 228 g/mol. The molecule has 3 nitrogen and oxygen atoms in total. The quantitative estimate of drug-likeness (QED) is 0.728. The first-order chi connectivity index (χ1) is 7.39. The Kier molecular flexibility index (Phi) is 2.15. The number of aromatic nitrogens is 1. The summed E-state index contributed by atoms with van der Waals surface area (Å²) < 4.78 is 37.9. The van der Waals surface area contributed by atoms with Crippen LogP contribution in [0.4, 0.5) is 19.0 Å². The van der Waals surface area contributed by atoms with Crippen molar-refractivity contribution in [2.45, 2.75) is 6.18 Å². The van der Waals surface area contributed by atoms with Gasteiger partial charge in [0.05, 0.1) is 5.56 Å². The predicted molar refractivity (Wildman–Crippen MR) is 52.8 cm³/mol. The highest BCUT2D eigenvalue weighted by atomic mass is 19.4. The molecule has 2 aromatic rings. The van der Waals surface area contributed by atoms with Crippen LogP contribution in [0.2, 0.25) is 0 Å². The molecule has 1 heterocycles. The lowest BCUT2D eigenvalue weighted by atomic mass is 10.1. The fourth-order valence-electron chi connectivity index (χ4n) is 1.48. The van der Waals surface area contributed by atoms with Gasteiger partial charge in [0.25, 0.3) is 0 Å². The highest BCUT2D eigenvalue weighted by Crippen LogP contribution is 2.36. The van der Waals surface area contributed by atoms with Crippen LogP contribution in [-0.2, 0) is 6.18 Å². The van der Waals surface area contributed by atoms with Crippen molar-refractivity contribution in [3.63, 3.8) is 0 Å². The Morgan fingerprint density at radius 2 is 1.88 bits per heavy atom. The number of fused-ring (bicyclic) bond motifs is 1. The number of nitrogen functional groups attached to an aromatic ring is 1. The van der Waals surface area contributed by atoms with Crippen LogP contribution in [-0.4, -0.2) is 10.1 Å². The number of nitrogens with zero attached hydrogens (tertiary/aromatic N) is 1. The number of nitrogens with two attached hydrogens (primary N) is 1. The zero-order chi connectivity index (χ0) is 11.9. The molecule has 0 aliphatic carbocycles. The second kappa shape index (κ2) is 3.26. The lowest BCUT2D eigenvalue weighted by molar-refractivity contribution is -0.136. The number of halogens is 3. The molecular weight excluding hydrogens is 221 g/mol. The average Bonchev–Trinajstić information content (AvgIpc) is 2.15. The first-order valence-corrected chi connectivity index (χ1v) is 4.34. The standard InChI is InChI=1S/C10H7F3N2O/c11-10(12,13)8-4-15-9(14)6-2-1-5(16)3-7(6)8/h1-4,16H,(H2,14,15). The molecule has 0 fully saturated rings. The zero-order valence-electron chi connectivity index (χ0n) is 7.92. The van der Waals surface area contributed by atoms with Crippen LogP contribution in [0.25, 0.3) is 10.8 Å². The van der Waals surface area contributed by atoms with Crippen molar-refractivity contribution in [2.75, 3.05) is 5.73 Å². The van der Waals surface area contributed by atoms with Crippen LogP contribution in [0.1, 0.15) is 5.56 Å². The van der Waals surface area contributed by atoms with E-state index in [1.165, 1.54) is 12.1 Å². The second-order valence-corrected chi connectivity index (χ2v) is 3.28. The molecule has 0 aliphatic rings. The number of rotatable bonds is 0. The largest absolute Gasteiger partial charge is 0.508 e. The zero-order valence-corrected chi connectivity index (χ0v) is 7.92. The lowest BCUT2D eigenvalue weighted by Crippen LogP contribution is -2.07. The summed E-state index contributed by atoms with van der Waals surface area (Å²) in [6, 6.07) is 3.60. The summed E-state index contributed by atoms with van der Waals surface area (Å²) in [5.74, 6) is -0.244. The van der Waals surface area contributed by atoms with E-state index >= 15 is 0 Å². The van der Waals surface area contributed by atoms with Crippen LogP contribution in [0.15, 0.2) is 24.4 Å². The Morgan fingerprint density at radius 3 is 2.50 bits per heavy atom. The molecule has 16 heavy (non-hydrogen) atoms. The van der Waals surface area contributed by atoms with Gasteiger partial charge in [-0.15, -0.1) is 0 Å². The van der Waals surface area contributed by atoms with Gasteiger partial charge >= 0.3 is 6.18 Å². The molecule has 0 unspecified atom stereocenters. The Bertz CT molecular complexity index is 551. The third kappa shape index (κ3) is 1.62. The first kappa shape index (κ1) is 10.5. The number of hydrogen-bond donors (Lipinski definition) is 2. The third-order valence-electron chi connectivity index (χ3n) is 2.21. The molecule has 1 aromatic carbocycles. The molecule has 1 aromatic heterocycles. The Labute approximate surface area is 88.3 Å². The molecule has 0 atom stereocenters. The number of phenolic OH excluding ortho intramolecular Hbond substituents is 1. The summed E-state index contributed by atoms with van der Waals surface area (Å²) >= 11 is 0. The number of pyridine rings is 1. The van der Waals surface area contributed by atoms with E-state index in [9.17, 15) is 18.3 Å². The van der Waals surface area contributed by atoms with Gasteiger partial charge in [-0.2, -0.15) is 13.2 Å². The smallest absolute Gasteiger partial charge is 0.418 e. The lowest BCUT2D eigenvalue weighted by Gasteiger charge is -2.11. The van der Waals surface area contributed by atoms with Crippen molar-refractivity contribution in [1.82, 2.24) is 4.98 Å². The molecule has 0 amide bonds. The van der Waals surface area contributed by atoms with E-state index in [2.05, 4.69) is 4.98 Å². The minimum absolute atomic E-state index is 0.00278. The van der Waals surface area contributed by atoms with E-state index in [-0.39, 0.29) is 22.3 Å². The van der Waals surface area contributed by atoms with E-state index in [4.69, 9.17) is 5.73 Å². The molecule has 0 aliphatic heterocycles. The summed E-state index contributed by atoms with van der Waals surface area (Å²) in [5.41, 5.74) is 4.55. The fraction of sp³-hybridized carbons (Fsp3) is 0.100. The van der Waals surface area contributed by atoms with Gasteiger partial charge in [0, 0.05) is 17.0 Å². The molecule has 0 bridgehead atoms. The molecule has 0 saturated carbocycles. The van der Waals surface area contributed by atoms with E-state index in [0.717, 1.165) is 6.07 Å². The van der Waals surface area contributed by atoms with Crippen molar-refractivity contribution in [3.8, 4) is 5.75 Å². The van der Waals surface area contributed by atoms with Crippen LogP contribution in [0.5, 0.6) is 5.75 Å². The second-order valence-electron chi connectivity index (χ2n) is 3.28. The number of aromatic hydroxyl groups is 1. The van der Waals surface area contributed by atoms with Crippen LogP contribution in [0, 0.1) is 0 Å². The summed E-state index contributed by atoms with van der Waals surface area (Å²) in [4.78, 5) is 3.48. The Morgan fingerprint density at radius 1 is 1.19 bits per heavy atom. The normalized spacial score (nSPS) is 11.9. The Balaban J connectivity index is 2.86. The summed E-state index contributed by atoms with van der Waals surface area (Å²) in [6.07, 6.45) is -3.86. The molecule has 84 valence electrons. The van der Waals surface area contributed by atoms with Crippen LogP contribution >= 0.6 is 0 Å². The molecule has 3 N–H and O–H groups in total. The summed E-state index contributed by atoms with van der Waals surface area (Å²) in [5, 5.41) is 9.20. The maximum atomic E-state index is 12.6. The molecule has 0 spiro atoms. The van der Waals surface area contributed by atoms with Crippen molar-refractivity contribution in [3.05, 3.63) is 30.0 Å². The van der Waals surface area contributed by atoms with Gasteiger partial charge in [-0.1, -0.05) is 0 Å². The SMILES string of the molecule is Nc1ncc(C(F)(F)F)c2cc(O)ccc12. The topological polar surface area (TPSA) is 59.1 Å². The van der Waals surface area contributed by atoms with Gasteiger partial charge in [0.2, 0.25) is 0 Å². The van der Waals surface area contributed by atoms with Gasteiger partial charge < -0.3 is 10.8 Å². The van der Waals surface area contributed by atoms with Gasteiger partial charge in [-0.3, -0.25) is 0 Å². The van der Waals surface area contributed by atoms with Crippen molar-refractivity contribution < 1.29 is 18.3 Å². The predicted octanol–water partition coefficient (Wildman–Crippen LogP) is 2.54. The average molecular weight is 228 g/mol. The van der Waals surface area contributed by atoms with E-state index < -0.39 is 11.7 Å². The van der Waals surface area contributed by atoms with Crippen LogP contribution < -0.4 is 5.73 Å². The number of hydrogen-bond acceptors (Lipinski definition) is 3. The number of benzene rings is 1. The number of phenols is 1. The van der Waals surface area contributed by atoms with Crippen molar-refractivity contribution in [2.24, 2.45) is 0 Å². The molecule has 2 rings (SSSR count). The minimum atomic E-state index is -4.52. The molecule has 0 radical (unpaired) electrons. The molecular formula is C10H7F3N2O. The highest BCUT2D eigenvalue weighted by Gasteiger charge is 2.33. The maximum absolute atomic E-state index is 12.6. The van der Waals surface area contributed by atoms with Gasteiger partial charge in [-0.05, 0) is 18.2 Å². The molecule has 0 saturated heterocycles. The highest BCUT2D eigenvalue weighted by molar-refractivity contribution is 5.94. The van der Waals surface area contributed by atoms with Crippen molar-refractivity contribution >= 4 is 16.6 Å². The minimum Gasteiger partial charge on any atom is -0.508 e. The summed E-state index contributed by atoms with van der Waals surface area (Å²) in [6.45, 7) is 0.